The molecule has 1 amide bonds. The molecule has 0 radical (unpaired) electrons. The van der Waals surface area contributed by atoms with Gasteiger partial charge in [0.05, 0.1) is 12.1 Å². The third-order valence-corrected chi connectivity index (χ3v) is 4.20. The predicted molar refractivity (Wildman–Crippen MR) is 100 cm³/mol. The van der Waals surface area contributed by atoms with Crippen LogP contribution >= 0.6 is 11.6 Å². The van der Waals surface area contributed by atoms with Crippen molar-refractivity contribution in [3.63, 3.8) is 0 Å². The van der Waals surface area contributed by atoms with Crippen molar-refractivity contribution >= 4 is 17.5 Å². The molecule has 0 saturated heterocycles. The molecule has 0 saturated carbocycles. The van der Waals surface area contributed by atoms with Crippen molar-refractivity contribution in [3.8, 4) is 11.5 Å². The molecular weight excluding hydrogens is 338 g/mol. The third kappa shape index (κ3) is 5.68. The van der Waals surface area contributed by atoms with Gasteiger partial charge in [0.15, 0.2) is 6.10 Å². The Morgan fingerprint density at radius 3 is 2.48 bits per heavy atom. The van der Waals surface area contributed by atoms with Crippen molar-refractivity contribution in [2.75, 3.05) is 13.7 Å². The van der Waals surface area contributed by atoms with Crippen LogP contribution in [0.15, 0.2) is 48.5 Å². The minimum absolute atomic E-state index is 0.123. The van der Waals surface area contributed by atoms with E-state index in [4.69, 9.17) is 21.1 Å². The first kappa shape index (κ1) is 19.1. The van der Waals surface area contributed by atoms with Gasteiger partial charge in [0.1, 0.15) is 11.5 Å². The summed E-state index contributed by atoms with van der Waals surface area (Å²) in [5.41, 5.74) is 1.14. The molecule has 0 aliphatic rings. The smallest absolute Gasteiger partial charge is 0.261 e. The van der Waals surface area contributed by atoms with E-state index < -0.39 is 6.10 Å². The summed E-state index contributed by atoms with van der Waals surface area (Å²) in [4.78, 5) is 12.3. The lowest BCUT2D eigenvalue weighted by atomic mass is 10.1. The average Bonchev–Trinajstić information content (AvgIpc) is 2.64. The van der Waals surface area contributed by atoms with Gasteiger partial charge in [-0.2, -0.15) is 0 Å². The summed E-state index contributed by atoms with van der Waals surface area (Å²) < 4.78 is 11.1. The largest absolute Gasteiger partial charge is 0.496 e. The second-order valence-electron chi connectivity index (χ2n) is 5.65. The highest BCUT2D eigenvalue weighted by Crippen LogP contribution is 2.25. The highest BCUT2D eigenvalue weighted by Gasteiger charge is 2.18. The third-order valence-electron chi connectivity index (χ3n) is 3.88. The molecule has 2 rings (SSSR count). The monoisotopic (exact) mass is 361 g/mol. The summed E-state index contributed by atoms with van der Waals surface area (Å²) in [5.74, 6) is 1.28. The maximum absolute atomic E-state index is 12.3. The van der Waals surface area contributed by atoms with Gasteiger partial charge in [0.2, 0.25) is 0 Å². The summed E-state index contributed by atoms with van der Waals surface area (Å²) >= 11 is 6.08. The maximum atomic E-state index is 12.3. The molecule has 0 unspecified atom stereocenters. The van der Waals surface area contributed by atoms with E-state index in [-0.39, 0.29) is 5.91 Å². The quantitative estimate of drug-likeness (QED) is 0.679. The first-order chi connectivity index (χ1) is 12.2. The minimum Gasteiger partial charge on any atom is -0.496 e. The second kappa shape index (κ2) is 9.94. The van der Waals surface area contributed by atoms with E-state index in [1.807, 2.05) is 43.3 Å². The lowest BCUT2D eigenvalue weighted by Gasteiger charge is -2.18. The number of carbonyl (C=O) groups is 1. The molecule has 0 fully saturated rings. The van der Waals surface area contributed by atoms with Gasteiger partial charge in [0, 0.05) is 6.54 Å². The summed E-state index contributed by atoms with van der Waals surface area (Å²) in [6.45, 7) is 2.50. The van der Waals surface area contributed by atoms with Crippen LogP contribution in [0.5, 0.6) is 11.5 Å². The number of halogens is 1. The Labute approximate surface area is 154 Å². The zero-order chi connectivity index (χ0) is 18.1. The zero-order valence-electron chi connectivity index (χ0n) is 14.6. The van der Waals surface area contributed by atoms with E-state index >= 15 is 0 Å². The lowest BCUT2D eigenvalue weighted by Crippen LogP contribution is -2.38. The Hall–Kier alpha value is -2.20. The summed E-state index contributed by atoms with van der Waals surface area (Å²) in [6, 6.07) is 15.1. The standard InChI is InChI=1S/C20H24ClNO3/c1-3-17(25-19-13-7-5-11-16(19)21)20(23)22-14-8-10-15-9-4-6-12-18(15)24-2/h4-7,9,11-13,17H,3,8,10,14H2,1-2H3,(H,22,23)/t17-/m1/s1. The molecule has 4 nitrogen and oxygen atoms in total. The molecule has 0 aliphatic carbocycles. The first-order valence-electron chi connectivity index (χ1n) is 8.46. The summed E-state index contributed by atoms with van der Waals surface area (Å²) in [5, 5.41) is 3.44. The molecule has 2 aromatic carbocycles. The number of rotatable bonds is 9. The van der Waals surface area contributed by atoms with Crippen LogP contribution in [0.4, 0.5) is 0 Å². The van der Waals surface area contributed by atoms with Crippen molar-refractivity contribution in [3.05, 3.63) is 59.1 Å². The Morgan fingerprint density at radius 2 is 1.80 bits per heavy atom. The predicted octanol–water partition coefficient (Wildman–Crippen LogP) is 4.26. The van der Waals surface area contributed by atoms with Crippen molar-refractivity contribution < 1.29 is 14.3 Å². The van der Waals surface area contributed by atoms with Gasteiger partial charge in [-0.3, -0.25) is 4.79 Å². The molecule has 0 heterocycles. The molecule has 1 N–H and O–H groups in total. The molecule has 1 atom stereocenters. The summed E-state index contributed by atoms with van der Waals surface area (Å²) in [7, 11) is 1.67. The van der Waals surface area contributed by atoms with Crippen LogP contribution in [0.2, 0.25) is 5.02 Å². The topological polar surface area (TPSA) is 47.6 Å². The minimum atomic E-state index is -0.550. The van der Waals surface area contributed by atoms with Gasteiger partial charge in [-0.05, 0) is 43.0 Å². The number of hydrogen-bond donors (Lipinski definition) is 1. The van der Waals surface area contributed by atoms with Gasteiger partial charge in [0.25, 0.3) is 5.91 Å². The van der Waals surface area contributed by atoms with Gasteiger partial charge < -0.3 is 14.8 Å². The molecule has 2 aromatic rings. The number of aryl methyl sites for hydroxylation is 1. The highest BCUT2D eigenvalue weighted by molar-refractivity contribution is 6.32. The SMILES string of the molecule is CC[C@@H](Oc1ccccc1Cl)C(=O)NCCCc1ccccc1OC. The van der Waals surface area contributed by atoms with Crippen molar-refractivity contribution in [2.24, 2.45) is 0 Å². The van der Waals surface area contributed by atoms with E-state index in [2.05, 4.69) is 5.32 Å². The average molecular weight is 362 g/mol. The van der Waals surface area contributed by atoms with Crippen LogP contribution in [0, 0.1) is 0 Å². The maximum Gasteiger partial charge on any atom is 0.261 e. The van der Waals surface area contributed by atoms with Crippen LogP contribution in [0.3, 0.4) is 0 Å². The Kier molecular flexibility index (Phi) is 7.61. The Bertz CT molecular complexity index is 690. The molecule has 0 aromatic heterocycles. The van der Waals surface area contributed by atoms with Crippen molar-refractivity contribution in [2.45, 2.75) is 32.3 Å². The number of para-hydroxylation sites is 2. The fraction of sp³-hybridized carbons (Fsp3) is 0.350. The van der Waals surface area contributed by atoms with Gasteiger partial charge >= 0.3 is 0 Å². The fourth-order valence-corrected chi connectivity index (χ4v) is 2.71. The molecule has 0 spiro atoms. The molecule has 0 bridgehead atoms. The van der Waals surface area contributed by atoms with Gasteiger partial charge in [-0.15, -0.1) is 0 Å². The van der Waals surface area contributed by atoms with E-state index in [0.717, 1.165) is 24.2 Å². The number of carbonyl (C=O) groups excluding carboxylic acids is 1. The van der Waals surface area contributed by atoms with Crippen LogP contribution in [0.25, 0.3) is 0 Å². The number of ether oxygens (including phenoxy) is 2. The van der Waals surface area contributed by atoms with Gasteiger partial charge in [-0.25, -0.2) is 0 Å². The fourth-order valence-electron chi connectivity index (χ4n) is 2.53. The van der Waals surface area contributed by atoms with E-state index in [1.165, 1.54) is 0 Å². The Morgan fingerprint density at radius 1 is 1.12 bits per heavy atom. The molecule has 134 valence electrons. The Balaban J connectivity index is 1.81. The second-order valence-corrected chi connectivity index (χ2v) is 6.06. The van der Waals surface area contributed by atoms with Crippen molar-refractivity contribution in [1.82, 2.24) is 5.32 Å². The van der Waals surface area contributed by atoms with Crippen molar-refractivity contribution in [1.29, 1.82) is 0 Å². The molecule has 5 heteroatoms. The highest BCUT2D eigenvalue weighted by atomic mass is 35.5. The van der Waals surface area contributed by atoms with Gasteiger partial charge in [-0.1, -0.05) is 48.9 Å². The number of benzene rings is 2. The lowest BCUT2D eigenvalue weighted by molar-refractivity contribution is -0.128. The molecule has 0 aliphatic heterocycles. The normalized spacial score (nSPS) is 11.6. The van der Waals surface area contributed by atoms with Crippen LogP contribution in [-0.4, -0.2) is 25.7 Å². The van der Waals surface area contributed by atoms with E-state index in [9.17, 15) is 4.79 Å². The number of hydrogen-bond acceptors (Lipinski definition) is 3. The zero-order valence-corrected chi connectivity index (χ0v) is 15.4. The number of nitrogens with one attached hydrogen (secondary N) is 1. The van der Waals surface area contributed by atoms with E-state index in [1.54, 1.807) is 19.2 Å². The number of amides is 1. The molecule has 25 heavy (non-hydrogen) atoms. The number of methoxy groups -OCH3 is 1. The van der Waals surface area contributed by atoms with Crippen LogP contribution in [-0.2, 0) is 11.2 Å². The first-order valence-corrected chi connectivity index (χ1v) is 8.84. The molecular formula is C20H24ClNO3. The van der Waals surface area contributed by atoms with Crippen LogP contribution in [0.1, 0.15) is 25.3 Å². The van der Waals surface area contributed by atoms with E-state index in [0.29, 0.717) is 23.7 Å². The van der Waals surface area contributed by atoms with Crippen LogP contribution < -0.4 is 14.8 Å². The summed E-state index contributed by atoms with van der Waals surface area (Å²) in [6.07, 6.45) is 1.69.